The highest BCUT2D eigenvalue weighted by atomic mass is 19.1. The van der Waals surface area contributed by atoms with E-state index in [4.69, 9.17) is 0 Å². The van der Waals surface area contributed by atoms with Crippen molar-refractivity contribution in [2.45, 2.75) is 13.0 Å². The van der Waals surface area contributed by atoms with E-state index in [2.05, 4.69) is 25.8 Å². The Morgan fingerprint density at radius 2 is 1.79 bits per heavy atom. The van der Waals surface area contributed by atoms with Crippen LogP contribution in [0.4, 0.5) is 10.1 Å². The molecule has 152 valence electrons. The summed E-state index contributed by atoms with van der Waals surface area (Å²) >= 11 is 0. The van der Waals surface area contributed by atoms with Crippen LogP contribution in [0.15, 0.2) is 48.5 Å². The third-order valence-corrected chi connectivity index (χ3v) is 5.50. The van der Waals surface area contributed by atoms with Crippen molar-refractivity contribution < 1.29 is 9.18 Å². The van der Waals surface area contributed by atoms with Gasteiger partial charge in [0.05, 0.1) is 17.6 Å². The highest BCUT2D eigenvalue weighted by Crippen LogP contribution is 2.17. The van der Waals surface area contributed by atoms with Gasteiger partial charge in [-0.3, -0.25) is 4.79 Å². The zero-order valence-corrected chi connectivity index (χ0v) is 16.6. The number of halogens is 1. The molecule has 0 radical (unpaired) electrons. The molecule has 1 saturated heterocycles. The Morgan fingerprint density at radius 3 is 2.52 bits per heavy atom. The number of para-hydroxylation sites is 2. The summed E-state index contributed by atoms with van der Waals surface area (Å²) in [7, 11) is 2.01. The van der Waals surface area contributed by atoms with Crippen LogP contribution in [0.25, 0.3) is 11.0 Å². The second-order valence-electron chi connectivity index (χ2n) is 7.35. The van der Waals surface area contributed by atoms with Crippen LogP contribution in [0.3, 0.4) is 0 Å². The summed E-state index contributed by atoms with van der Waals surface area (Å²) in [6.45, 7) is 4.19. The van der Waals surface area contributed by atoms with Crippen LogP contribution < -0.4 is 10.2 Å². The third kappa shape index (κ3) is 4.40. The van der Waals surface area contributed by atoms with Gasteiger partial charge in [0.15, 0.2) is 0 Å². The van der Waals surface area contributed by atoms with E-state index in [1.807, 2.05) is 30.1 Å². The molecular formula is C22H26FN5O. The van der Waals surface area contributed by atoms with Crippen LogP contribution in [0.1, 0.15) is 12.2 Å². The van der Waals surface area contributed by atoms with Crippen molar-refractivity contribution in [3.63, 3.8) is 0 Å². The normalized spacial score (nSPS) is 14.6. The van der Waals surface area contributed by atoms with Gasteiger partial charge in [-0.15, -0.1) is 0 Å². The Bertz CT molecular complexity index is 977. The predicted molar refractivity (Wildman–Crippen MR) is 112 cm³/mol. The van der Waals surface area contributed by atoms with Crippen LogP contribution in [0, 0.1) is 5.82 Å². The van der Waals surface area contributed by atoms with Gasteiger partial charge in [-0.2, -0.15) is 0 Å². The maximum absolute atomic E-state index is 13.1. The minimum absolute atomic E-state index is 0.168. The van der Waals surface area contributed by atoms with Gasteiger partial charge in [-0.1, -0.05) is 12.1 Å². The van der Waals surface area contributed by atoms with E-state index in [9.17, 15) is 9.18 Å². The lowest BCUT2D eigenvalue weighted by atomic mass is 10.2. The molecule has 6 nitrogen and oxygen atoms in total. The molecule has 1 N–H and O–H groups in total. The number of nitrogens with zero attached hydrogens (tertiary/aromatic N) is 4. The molecular weight excluding hydrogens is 369 g/mol. The SMILES string of the molecule is Cn1c(CNCCC(=O)N2CCN(c3ccc(F)cc3)CC2)nc2ccccc21. The Morgan fingerprint density at radius 1 is 1.07 bits per heavy atom. The average Bonchev–Trinajstić information content (AvgIpc) is 3.07. The first-order valence-corrected chi connectivity index (χ1v) is 10.0. The number of carbonyl (C=O) groups excluding carboxylic acids is 1. The number of hydrogen-bond acceptors (Lipinski definition) is 4. The molecule has 29 heavy (non-hydrogen) atoms. The molecule has 0 unspecified atom stereocenters. The molecule has 0 bridgehead atoms. The van der Waals surface area contributed by atoms with Gasteiger partial charge in [0.2, 0.25) is 5.91 Å². The zero-order valence-electron chi connectivity index (χ0n) is 16.6. The van der Waals surface area contributed by atoms with Gasteiger partial charge in [0.25, 0.3) is 0 Å². The predicted octanol–water partition coefficient (Wildman–Crippen LogP) is 2.54. The summed E-state index contributed by atoms with van der Waals surface area (Å²) in [6.07, 6.45) is 0.473. The lowest BCUT2D eigenvalue weighted by molar-refractivity contribution is -0.131. The van der Waals surface area contributed by atoms with Crippen molar-refractivity contribution in [1.82, 2.24) is 19.8 Å². The molecule has 0 spiro atoms. The number of anilines is 1. The number of rotatable bonds is 6. The minimum atomic E-state index is -0.228. The van der Waals surface area contributed by atoms with Crippen LogP contribution in [0.2, 0.25) is 0 Å². The number of nitrogens with one attached hydrogen (secondary N) is 1. The number of imidazole rings is 1. The van der Waals surface area contributed by atoms with E-state index in [0.717, 1.165) is 35.6 Å². The van der Waals surface area contributed by atoms with E-state index in [-0.39, 0.29) is 11.7 Å². The molecule has 1 fully saturated rings. The van der Waals surface area contributed by atoms with E-state index < -0.39 is 0 Å². The first kappa shape index (κ1) is 19.4. The van der Waals surface area contributed by atoms with E-state index in [1.54, 1.807) is 12.1 Å². The van der Waals surface area contributed by atoms with Gasteiger partial charge in [-0.05, 0) is 36.4 Å². The molecule has 1 aliphatic rings. The second kappa shape index (κ2) is 8.61. The maximum Gasteiger partial charge on any atom is 0.223 e. The van der Waals surface area contributed by atoms with Crippen LogP contribution in [0.5, 0.6) is 0 Å². The number of piperazine rings is 1. The quantitative estimate of drug-likeness (QED) is 0.652. The molecule has 0 aliphatic carbocycles. The van der Waals surface area contributed by atoms with E-state index in [0.29, 0.717) is 32.6 Å². The topological polar surface area (TPSA) is 53.4 Å². The molecule has 4 rings (SSSR count). The summed E-state index contributed by atoms with van der Waals surface area (Å²) in [5.74, 6) is 0.904. The largest absolute Gasteiger partial charge is 0.368 e. The van der Waals surface area contributed by atoms with Crippen LogP contribution in [-0.2, 0) is 18.4 Å². The number of fused-ring (bicyclic) bond motifs is 1. The van der Waals surface area contributed by atoms with Gasteiger partial charge in [0, 0.05) is 51.9 Å². The fourth-order valence-corrected chi connectivity index (χ4v) is 3.77. The number of aromatic nitrogens is 2. The van der Waals surface area contributed by atoms with Gasteiger partial charge in [-0.25, -0.2) is 9.37 Å². The number of carbonyl (C=O) groups is 1. The van der Waals surface area contributed by atoms with Crippen molar-refractivity contribution in [3.05, 3.63) is 60.2 Å². The Kier molecular flexibility index (Phi) is 5.76. The summed E-state index contributed by atoms with van der Waals surface area (Å²) in [5.41, 5.74) is 3.10. The van der Waals surface area contributed by atoms with Crippen molar-refractivity contribution >= 4 is 22.6 Å². The zero-order chi connectivity index (χ0) is 20.2. The number of amides is 1. The number of aryl methyl sites for hydroxylation is 1. The second-order valence-corrected chi connectivity index (χ2v) is 7.35. The standard InChI is InChI=1S/C22H26FN5O/c1-26-20-5-3-2-4-19(20)25-21(26)16-24-11-10-22(29)28-14-12-27(13-15-28)18-8-6-17(23)7-9-18/h2-9,24H,10-16H2,1H3. The van der Waals surface area contributed by atoms with Crippen LogP contribution >= 0.6 is 0 Å². The summed E-state index contributed by atoms with van der Waals surface area (Å²) < 4.78 is 15.2. The summed E-state index contributed by atoms with van der Waals surface area (Å²) in [6, 6.07) is 14.6. The van der Waals surface area contributed by atoms with Crippen molar-refractivity contribution in [2.24, 2.45) is 7.05 Å². The molecule has 1 aromatic heterocycles. The van der Waals surface area contributed by atoms with Gasteiger partial charge >= 0.3 is 0 Å². The molecule has 0 saturated carbocycles. The Hall–Kier alpha value is -2.93. The molecule has 7 heteroatoms. The first-order valence-electron chi connectivity index (χ1n) is 10.0. The lowest BCUT2D eigenvalue weighted by Crippen LogP contribution is -2.49. The average molecular weight is 395 g/mol. The Labute approximate surface area is 169 Å². The van der Waals surface area contributed by atoms with E-state index in [1.165, 1.54) is 12.1 Å². The highest BCUT2D eigenvalue weighted by Gasteiger charge is 2.21. The smallest absolute Gasteiger partial charge is 0.223 e. The number of benzene rings is 2. The van der Waals surface area contributed by atoms with Crippen molar-refractivity contribution in [3.8, 4) is 0 Å². The highest BCUT2D eigenvalue weighted by molar-refractivity contribution is 5.77. The lowest BCUT2D eigenvalue weighted by Gasteiger charge is -2.36. The summed E-state index contributed by atoms with van der Waals surface area (Å²) in [4.78, 5) is 21.2. The minimum Gasteiger partial charge on any atom is -0.368 e. The molecule has 3 aromatic rings. The molecule has 1 amide bonds. The van der Waals surface area contributed by atoms with Crippen LogP contribution in [-0.4, -0.2) is 53.1 Å². The molecule has 0 atom stereocenters. The Balaban J connectivity index is 1.21. The molecule has 1 aliphatic heterocycles. The maximum atomic E-state index is 13.1. The number of hydrogen-bond donors (Lipinski definition) is 1. The monoisotopic (exact) mass is 395 g/mol. The summed E-state index contributed by atoms with van der Waals surface area (Å²) in [5, 5.41) is 3.34. The molecule has 2 heterocycles. The fourth-order valence-electron chi connectivity index (χ4n) is 3.77. The van der Waals surface area contributed by atoms with Gasteiger partial charge in [0.1, 0.15) is 11.6 Å². The van der Waals surface area contributed by atoms with Crippen molar-refractivity contribution in [1.29, 1.82) is 0 Å². The fraction of sp³-hybridized carbons (Fsp3) is 0.364. The van der Waals surface area contributed by atoms with Gasteiger partial charge < -0.3 is 19.7 Å². The first-order chi connectivity index (χ1) is 14.1. The van der Waals surface area contributed by atoms with Crippen molar-refractivity contribution in [2.75, 3.05) is 37.6 Å². The third-order valence-electron chi connectivity index (χ3n) is 5.50. The van der Waals surface area contributed by atoms with E-state index >= 15 is 0 Å². The molecule has 2 aromatic carbocycles.